The zero-order chi connectivity index (χ0) is 12.3. The molecule has 2 aliphatic rings. The van der Waals surface area contributed by atoms with E-state index in [0.29, 0.717) is 30.5 Å². The third kappa shape index (κ3) is 3.44. The maximum Gasteiger partial charge on any atom is 0.224 e. The first-order chi connectivity index (χ1) is 8.16. The Labute approximate surface area is 105 Å². The number of carbonyl (C=O) groups is 1. The van der Waals surface area contributed by atoms with E-state index in [9.17, 15) is 4.79 Å². The van der Waals surface area contributed by atoms with Gasteiger partial charge in [0.25, 0.3) is 0 Å². The molecule has 0 aromatic rings. The highest BCUT2D eigenvalue weighted by Crippen LogP contribution is 2.25. The monoisotopic (exact) mass is 238 g/mol. The molecule has 0 aromatic carbocycles. The van der Waals surface area contributed by atoms with Gasteiger partial charge in [-0.15, -0.1) is 0 Å². The molecule has 1 saturated heterocycles. The molecule has 1 aliphatic carbocycles. The first kappa shape index (κ1) is 12.9. The Morgan fingerprint density at radius 2 is 1.82 bits per heavy atom. The molecule has 1 amide bonds. The van der Waals surface area contributed by atoms with Gasteiger partial charge in [-0.25, -0.2) is 0 Å². The summed E-state index contributed by atoms with van der Waals surface area (Å²) < 4.78 is 0. The molecule has 1 saturated carbocycles. The Balaban J connectivity index is 1.90. The van der Waals surface area contributed by atoms with Gasteiger partial charge in [0, 0.05) is 31.1 Å². The molecule has 1 N–H and O–H groups in total. The van der Waals surface area contributed by atoms with Crippen LogP contribution in [0.15, 0.2) is 0 Å². The molecule has 0 spiro atoms. The Morgan fingerprint density at radius 3 is 2.41 bits per heavy atom. The van der Waals surface area contributed by atoms with Crippen molar-refractivity contribution in [2.24, 2.45) is 0 Å². The second kappa shape index (κ2) is 5.85. The first-order valence-electron chi connectivity index (χ1n) is 7.22. The summed E-state index contributed by atoms with van der Waals surface area (Å²) >= 11 is 0. The molecule has 0 bridgehead atoms. The number of carbonyl (C=O) groups excluding carboxylic acids is 1. The van der Waals surface area contributed by atoms with Gasteiger partial charge in [0.2, 0.25) is 5.91 Å². The second-order valence-corrected chi connectivity index (χ2v) is 5.91. The van der Waals surface area contributed by atoms with Crippen molar-refractivity contribution in [1.82, 2.24) is 10.2 Å². The van der Waals surface area contributed by atoms with Crippen molar-refractivity contribution in [2.45, 2.75) is 76.9 Å². The fraction of sp³-hybridized carbons (Fsp3) is 0.929. The predicted octanol–water partition coefficient (Wildman–Crippen LogP) is 2.31. The van der Waals surface area contributed by atoms with Crippen LogP contribution in [0.4, 0.5) is 0 Å². The molecule has 3 heteroatoms. The van der Waals surface area contributed by atoms with E-state index in [2.05, 4.69) is 24.1 Å². The van der Waals surface area contributed by atoms with Gasteiger partial charge >= 0.3 is 0 Å². The number of nitrogens with zero attached hydrogens (tertiary/aromatic N) is 1. The number of hydrogen-bond acceptors (Lipinski definition) is 2. The molecule has 3 nitrogen and oxygen atoms in total. The average Bonchev–Trinajstić information content (AvgIpc) is 2.52. The smallest absolute Gasteiger partial charge is 0.224 e. The molecular weight excluding hydrogens is 212 g/mol. The van der Waals surface area contributed by atoms with Gasteiger partial charge in [-0.05, 0) is 12.8 Å². The Morgan fingerprint density at radius 1 is 1.18 bits per heavy atom. The highest BCUT2D eigenvalue weighted by Gasteiger charge is 2.34. The molecule has 98 valence electrons. The van der Waals surface area contributed by atoms with Crippen LogP contribution in [-0.2, 0) is 4.79 Å². The Bertz CT molecular complexity index is 257. The van der Waals surface area contributed by atoms with Crippen LogP contribution in [0.5, 0.6) is 0 Å². The van der Waals surface area contributed by atoms with Gasteiger partial charge in [0.15, 0.2) is 0 Å². The summed E-state index contributed by atoms with van der Waals surface area (Å²) in [4.78, 5) is 14.2. The minimum atomic E-state index is 0.370. The minimum Gasteiger partial charge on any atom is -0.338 e. The third-order valence-corrected chi connectivity index (χ3v) is 3.99. The van der Waals surface area contributed by atoms with Crippen LogP contribution in [0.3, 0.4) is 0 Å². The number of nitrogens with one attached hydrogen (secondary N) is 1. The van der Waals surface area contributed by atoms with Gasteiger partial charge in [0.05, 0.1) is 0 Å². The SMILES string of the molecule is CC(C)N[C@@H]1CC(=O)N(C2CCCCCC2)C1. The van der Waals surface area contributed by atoms with Crippen LogP contribution < -0.4 is 5.32 Å². The Kier molecular flexibility index (Phi) is 4.43. The molecule has 1 atom stereocenters. The molecule has 1 aliphatic heterocycles. The van der Waals surface area contributed by atoms with Crippen molar-refractivity contribution in [3.05, 3.63) is 0 Å². The summed E-state index contributed by atoms with van der Waals surface area (Å²) in [5, 5.41) is 3.49. The number of hydrogen-bond donors (Lipinski definition) is 1. The second-order valence-electron chi connectivity index (χ2n) is 5.91. The van der Waals surface area contributed by atoms with Gasteiger partial charge in [-0.2, -0.15) is 0 Å². The van der Waals surface area contributed by atoms with E-state index >= 15 is 0 Å². The lowest BCUT2D eigenvalue weighted by molar-refractivity contribution is -0.129. The van der Waals surface area contributed by atoms with Crippen LogP contribution in [0, 0.1) is 0 Å². The summed E-state index contributed by atoms with van der Waals surface area (Å²) in [7, 11) is 0. The fourth-order valence-electron chi connectivity index (χ4n) is 3.24. The van der Waals surface area contributed by atoms with E-state index in [0.717, 1.165) is 6.54 Å². The summed E-state index contributed by atoms with van der Waals surface area (Å²) in [6, 6.07) is 1.39. The van der Waals surface area contributed by atoms with Crippen molar-refractivity contribution >= 4 is 5.91 Å². The van der Waals surface area contributed by atoms with E-state index in [1.165, 1.54) is 38.5 Å². The third-order valence-electron chi connectivity index (χ3n) is 3.99. The van der Waals surface area contributed by atoms with E-state index in [1.54, 1.807) is 0 Å². The van der Waals surface area contributed by atoms with Crippen LogP contribution >= 0.6 is 0 Å². The highest BCUT2D eigenvalue weighted by atomic mass is 16.2. The maximum atomic E-state index is 12.1. The van der Waals surface area contributed by atoms with E-state index in [4.69, 9.17) is 0 Å². The van der Waals surface area contributed by atoms with Crippen LogP contribution in [-0.4, -0.2) is 35.5 Å². The maximum absolute atomic E-state index is 12.1. The number of rotatable bonds is 3. The van der Waals surface area contributed by atoms with Crippen molar-refractivity contribution in [3.63, 3.8) is 0 Å². The lowest BCUT2D eigenvalue weighted by Crippen LogP contribution is -2.40. The van der Waals surface area contributed by atoms with Crippen molar-refractivity contribution < 1.29 is 4.79 Å². The molecule has 2 rings (SSSR count). The topological polar surface area (TPSA) is 32.3 Å². The minimum absolute atomic E-state index is 0.370. The largest absolute Gasteiger partial charge is 0.338 e. The number of likely N-dealkylation sites (tertiary alicyclic amines) is 1. The van der Waals surface area contributed by atoms with E-state index in [1.807, 2.05) is 0 Å². The lowest BCUT2D eigenvalue weighted by atomic mass is 10.1. The molecule has 1 heterocycles. The van der Waals surface area contributed by atoms with E-state index < -0.39 is 0 Å². The van der Waals surface area contributed by atoms with E-state index in [-0.39, 0.29) is 0 Å². The van der Waals surface area contributed by atoms with Crippen molar-refractivity contribution in [3.8, 4) is 0 Å². The average molecular weight is 238 g/mol. The highest BCUT2D eigenvalue weighted by molar-refractivity contribution is 5.79. The molecular formula is C14H26N2O. The first-order valence-corrected chi connectivity index (χ1v) is 7.22. The van der Waals surface area contributed by atoms with Crippen molar-refractivity contribution in [1.29, 1.82) is 0 Å². The summed E-state index contributed by atoms with van der Waals surface area (Å²) in [6.07, 6.45) is 8.46. The molecule has 0 unspecified atom stereocenters. The molecule has 0 aromatic heterocycles. The summed E-state index contributed by atoms with van der Waals surface area (Å²) in [5.41, 5.74) is 0. The summed E-state index contributed by atoms with van der Waals surface area (Å²) in [6.45, 7) is 5.24. The molecule has 0 radical (unpaired) electrons. The van der Waals surface area contributed by atoms with Gasteiger partial charge in [-0.3, -0.25) is 4.79 Å². The number of amides is 1. The van der Waals surface area contributed by atoms with Crippen LogP contribution in [0.2, 0.25) is 0 Å². The quantitative estimate of drug-likeness (QED) is 0.765. The van der Waals surface area contributed by atoms with Gasteiger partial charge in [0.1, 0.15) is 0 Å². The van der Waals surface area contributed by atoms with Crippen LogP contribution in [0.25, 0.3) is 0 Å². The van der Waals surface area contributed by atoms with Gasteiger partial charge < -0.3 is 10.2 Å². The standard InChI is InChI=1S/C14H26N2O/c1-11(2)15-12-9-14(17)16(10-12)13-7-5-3-4-6-8-13/h11-13,15H,3-10H2,1-2H3/t12-/m1/s1. The molecule has 2 fully saturated rings. The predicted molar refractivity (Wildman–Crippen MR) is 69.9 cm³/mol. The van der Waals surface area contributed by atoms with Gasteiger partial charge in [-0.1, -0.05) is 39.5 Å². The van der Waals surface area contributed by atoms with Crippen LogP contribution in [0.1, 0.15) is 58.8 Å². The van der Waals surface area contributed by atoms with Crippen molar-refractivity contribution in [2.75, 3.05) is 6.54 Å². The fourth-order valence-corrected chi connectivity index (χ4v) is 3.24. The zero-order valence-electron chi connectivity index (χ0n) is 11.2. The zero-order valence-corrected chi connectivity index (χ0v) is 11.2. The lowest BCUT2D eigenvalue weighted by Gasteiger charge is -2.27. The normalized spacial score (nSPS) is 27.8. The summed E-state index contributed by atoms with van der Waals surface area (Å²) in [5.74, 6) is 0.370. The Hall–Kier alpha value is -0.570. The molecule has 17 heavy (non-hydrogen) atoms.